The van der Waals surface area contributed by atoms with Crippen LogP contribution in [0.25, 0.3) is 0 Å². The van der Waals surface area contributed by atoms with Crippen molar-refractivity contribution in [3.05, 3.63) is 33.3 Å². The zero-order valence-corrected chi connectivity index (χ0v) is 13.6. The number of amides is 1. The molecule has 1 aromatic carbocycles. The highest BCUT2D eigenvalue weighted by Gasteiger charge is 2.26. The van der Waals surface area contributed by atoms with E-state index in [0.29, 0.717) is 5.92 Å². The van der Waals surface area contributed by atoms with Crippen LogP contribution >= 0.6 is 11.6 Å². The van der Waals surface area contributed by atoms with E-state index in [1.54, 1.807) is 6.92 Å². The number of nitrogens with one attached hydrogen (secondary N) is 1. The molecule has 1 unspecified atom stereocenters. The fourth-order valence-electron chi connectivity index (χ4n) is 2.65. The fourth-order valence-corrected chi connectivity index (χ4v) is 2.81. The van der Waals surface area contributed by atoms with E-state index >= 15 is 0 Å². The van der Waals surface area contributed by atoms with Crippen molar-refractivity contribution in [1.82, 2.24) is 4.90 Å². The van der Waals surface area contributed by atoms with Crippen LogP contribution in [-0.2, 0) is 4.79 Å². The Balaban J connectivity index is 2.01. The van der Waals surface area contributed by atoms with Crippen LogP contribution in [0.3, 0.4) is 0 Å². The molecule has 2 rings (SSSR count). The molecule has 7 nitrogen and oxygen atoms in total. The monoisotopic (exact) mass is 341 g/mol. The summed E-state index contributed by atoms with van der Waals surface area (Å²) >= 11 is 5.99. The lowest BCUT2D eigenvalue weighted by atomic mass is 9.97. The Morgan fingerprint density at radius 1 is 1.52 bits per heavy atom. The number of piperidine rings is 1. The Morgan fingerprint density at radius 3 is 2.74 bits per heavy atom. The number of aliphatic hydroxyl groups excluding tert-OH is 1. The second-order valence-electron chi connectivity index (χ2n) is 5.75. The van der Waals surface area contributed by atoms with E-state index in [1.807, 2.05) is 4.90 Å². The molecular formula is C15H20ClN3O4. The maximum Gasteiger partial charge on any atom is 0.271 e. The van der Waals surface area contributed by atoms with Gasteiger partial charge in [0.15, 0.2) is 0 Å². The minimum atomic E-state index is -0.533. The summed E-state index contributed by atoms with van der Waals surface area (Å²) in [6.07, 6.45) is 1.71. The normalized spacial score (nSPS) is 17.7. The first-order chi connectivity index (χ1) is 10.9. The molecule has 0 aliphatic carbocycles. The molecule has 126 valence electrons. The number of nitro benzene ring substituents is 1. The standard InChI is InChI=1S/C15H20ClN3O4/c1-10(18-6-4-11(9-20)5-7-18)15(21)17-14-8-12(19(22)23)2-3-13(14)16/h2-3,8,10-11,20H,4-7,9H2,1H3,(H,17,21). The van der Waals surface area contributed by atoms with Gasteiger partial charge >= 0.3 is 0 Å². The van der Waals surface area contributed by atoms with Crippen molar-refractivity contribution in [3.8, 4) is 0 Å². The summed E-state index contributed by atoms with van der Waals surface area (Å²) in [6, 6.07) is 3.57. The molecule has 1 saturated heterocycles. The summed E-state index contributed by atoms with van der Waals surface area (Å²) in [7, 11) is 0. The number of likely N-dealkylation sites (tertiary alicyclic amines) is 1. The molecule has 1 atom stereocenters. The van der Waals surface area contributed by atoms with E-state index in [9.17, 15) is 14.9 Å². The van der Waals surface area contributed by atoms with Crippen LogP contribution in [0.15, 0.2) is 18.2 Å². The van der Waals surface area contributed by atoms with Gasteiger partial charge in [0, 0.05) is 18.7 Å². The van der Waals surface area contributed by atoms with Crippen molar-refractivity contribution in [3.63, 3.8) is 0 Å². The molecule has 0 bridgehead atoms. The second-order valence-corrected chi connectivity index (χ2v) is 6.16. The minimum absolute atomic E-state index is 0.124. The number of rotatable bonds is 5. The third kappa shape index (κ3) is 4.40. The summed E-state index contributed by atoms with van der Waals surface area (Å²) in [5.41, 5.74) is 0.115. The first kappa shape index (κ1) is 17.7. The van der Waals surface area contributed by atoms with Gasteiger partial charge in [-0.3, -0.25) is 19.8 Å². The molecule has 23 heavy (non-hydrogen) atoms. The average Bonchev–Trinajstić information content (AvgIpc) is 2.56. The van der Waals surface area contributed by atoms with Gasteiger partial charge in [-0.05, 0) is 44.8 Å². The highest BCUT2D eigenvalue weighted by Crippen LogP contribution is 2.27. The maximum absolute atomic E-state index is 12.4. The number of nitro groups is 1. The summed E-state index contributed by atoms with van der Waals surface area (Å²) in [6.45, 7) is 3.45. The van der Waals surface area contributed by atoms with Crippen LogP contribution in [0.1, 0.15) is 19.8 Å². The second kappa shape index (κ2) is 7.72. The van der Waals surface area contributed by atoms with Crippen molar-refractivity contribution >= 4 is 28.9 Å². The molecular weight excluding hydrogens is 322 g/mol. The van der Waals surface area contributed by atoms with Gasteiger partial charge in [0.05, 0.1) is 21.7 Å². The maximum atomic E-state index is 12.4. The lowest BCUT2D eigenvalue weighted by Crippen LogP contribution is -2.46. The molecule has 1 amide bonds. The molecule has 2 N–H and O–H groups in total. The number of hydrogen-bond acceptors (Lipinski definition) is 5. The fraction of sp³-hybridized carbons (Fsp3) is 0.533. The van der Waals surface area contributed by atoms with Crippen molar-refractivity contribution in [2.45, 2.75) is 25.8 Å². The van der Waals surface area contributed by atoms with Gasteiger partial charge < -0.3 is 10.4 Å². The van der Waals surface area contributed by atoms with Crippen molar-refractivity contribution in [2.75, 3.05) is 25.0 Å². The highest BCUT2D eigenvalue weighted by atomic mass is 35.5. The number of nitrogens with zero attached hydrogens (tertiary/aromatic N) is 2. The topological polar surface area (TPSA) is 95.7 Å². The zero-order chi connectivity index (χ0) is 17.0. The molecule has 1 aliphatic heterocycles. The number of aliphatic hydroxyl groups is 1. The zero-order valence-electron chi connectivity index (χ0n) is 12.9. The van der Waals surface area contributed by atoms with Crippen LogP contribution in [0.5, 0.6) is 0 Å². The minimum Gasteiger partial charge on any atom is -0.396 e. The van der Waals surface area contributed by atoms with Gasteiger partial charge in [-0.25, -0.2) is 0 Å². The highest BCUT2D eigenvalue weighted by molar-refractivity contribution is 6.33. The lowest BCUT2D eigenvalue weighted by molar-refractivity contribution is -0.384. The summed E-state index contributed by atoms with van der Waals surface area (Å²) < 4.78 is 0. The number of anilines is 1. The average molecular weight is 342 g/mol. The van der Waals surface area contributed by atoms with Crippen molar-refractivity contribution in [1.29, 1.82) is 0 Å². The first-order valence-electron chi connectivity index (χ1n) is 7.52. The van der Waals surface area contributed by atoms with E-state index in [1.165, 1.54) is 18.2 Å². The molecule has 1 heterocycles. The Morgan fingerprint density at radius 2 is 2.17 bits per heavy atom. The molecule has 1 aromatic rings. The van der Waals surface area contributed by atoms with E-state index in [2.05, 4.69) is 5.32 Å². The Labute approximate surface area is 139 Å². The van der Waals surface area contributed by atoms with Gasteiger partial charge in [0.2, 0.25) is 5.91 Å². The van der Waals surface area contributed by atoms with Crippen LogP contribution in [0, 0.1) is 16.0 Å². The summed E-state index contributed by atoms with van der Waals surface area (Å²) in [5.74, 6) is 0.0441. The quantitative estimate of drug-likeness (QED) is 0.632. The Bertz CT molecular complexity index is 588. The first-order valence-corrected chi connectivity index (χ1v) is 7.90. The number of carbonyl (C=O) groups excluding carboxylic acids is 1. The van der Waals surface area contributed by atoms with Crippen LogP contribution in [-0.4, -0.2) is 46.6 Å². The van der Waals surface area contributed by atoms with Gasteiger partial charge in [-0.15, -0.1) is 0 Å². The number of halogens is 1. The lowest BCUT2D eigenvalue weighted by Gasteiger charge is -2.34. The van der Waals surface area contributed by atoms with E-state index in [0.717, 1.165) is 25.9 Å². The van der Waals surface area contributed by atoms with E-state index < -0.39 is 4.92 Å². The molecule has 0 saturated carbocycles. The number of hydrogen-bond donors (Lipinski definition) is 2. The largest absolute Gasteiger partial charge is 0.396 e. The third-order valence-electron chi connectivity index (χ3n) is 4.25. The van der Waals surface area contributed by atoms with Gasteiger partial charge in [-0.2, -0.15) is 0 Å². The van der Waals surface area contributed by atoms with Crippen LogP contribution < -0.4 is 5.32 Å². The van der Waals surface area contributed by atoms with Crippen LogP contribution in [0.2, 0.25) is 5.02 Å². The molecule has 1 fully saturated rings. The van der Waals surface area contributed by atoms with Crippen molar-refractivity contribution < 1.29 is 14.8 Å². The van der Waals surface area contributed by atoms with Crippen LogP contribution in [0.4, 0.5) is 11.4 Å². The number of carbonyl (C=O) groups is 1. The van der Waals surface area contributed by atoms with Crippen molar-refractivity contribution in [2.24, 2.45) is 5.92 Å². The molecule has 0 spiro atoms. The predicted octanol–water partition coefficient (Wildman–Crippen LogP) is 2.28. The smallest absolute Gasteiger partial charge is 0.271 e. The summed E-state index contributed by atoms with van der Waals surface area (Å²) in [4.78, 5) is 24.7. The van der Waals surface area contributed by atoms with Gasteiger partial charge in [-0.1, -0.05) is 11.6 Å². The Hall–Kier alpha value is -1.70. The molecule has 1 aliphatic rings. The molecule has 8 heteroatoms. The van der Waals surface area contributed by atoms with E-state index in [4.69, 9.17) is 16.7 Å². The predicted molar refractivity (Wildman–Crippen MR) is 87.6 cm³/mol. The molecule has 0 radical (unpaired) electrons. The number of benzene rings is 1. The van der Waals surface area contributed by atoms with Gasteiger partial charge in [0.25, 0.3) is 5.69 Å². The third-order valence-corrected chi connectivity index (χ3v) is 4.58. The van der Waals surface area contributed by atoms with Gasteiger partial charge in [0.1, 0.15) is 0 Å². The summed E-state index contributed by atoms with van der Waals surface area (Å²) in [5, 5.41) is 22.9. The molecule has 0 aromatic heterocycles. The number of non-ortho nitro benzene ring substituents is 1. The Kier molecular flexibility index (Phi) is 5.92. The van der Waals surface area contributed by atoms with E-state index in [-0.39, 0.29) is 35.0 Å². The SMILES string of the molecule is CC(C(=O)Nc1cc([N+](=O)[O-])ccc1Cl)N1CCC(CO)CC1.